The molecular weight excluding hydrogens is 558 g/mol. The van der Waals surface area contributed by atoms with E-state index in [0.717, 1.165) is 24.3 Å². The van der Waals surface area contributed by atoms with Crippen molar-refractivity contribution in [2.24, 2.45) is 0 Å². The number of benzene rings is 2. The van der Waals surface area contributed by atoms with Crippen LogP contribution in [0.5, 0.6) is 0 Å². The highest BCUT2D eigenvalue weighted by atomic mass is 79.9. The van der Waals surface area contributed by atoms with Gasteiger partial charge < -0.3 is 0 Å². The van der Waals surface area contributed by atoms with E-state index in [1.165, 1.54) is 24.3 Å². The molecule has 0 nitrogen and oxygen atoms in total. The molecule has 2 aromatic rings. The summed E-state index contributed by atoms with van der Waals surface area (Å²) in [6.45, 7) is 0. The molecule has 2 aromatic carbocycles. The summed E-state index contributed by atoms with van der Waals surface area (Å²) in [5.41, 5.74) is -4.79. The molecule has 0 aliphatic rings. The highest BCUT2D eigenvalue weighted by Crippen LogP contribution is 2.56. The monoisotopic (exact) mass is 566 g/mol. The summed E-state index contributed by atoms with van der Waals surface area (Å²) in [7, 11) is 0. The molecule has 0 saturated heterocycles. The minimum absolute atomic E-state index is 0.324. The van der Waals surface area contributed by atoms with Crippen molar-refractivity contribution in [3.63, 3.8) is 0 Å². The number of rotatable bonds is 4. The van der Waals surface area contributed by atoms with Gasteiger partial charge in [-0.2, -0.15) is 26.3 Å². The zero-order chi connectivity index (χ0) is 19.8. The van der Waals surface area contributed by atoms with E-state index in [9.17, 15) is 26.3 Å². The maximum Gasteiger partial charge on any atom is 0.411 e. The first-order chi connectivity index (χ1) is 11.9. The second-order valence-corrected chi connectivity index (χ2v) is 9.12. The Labute approximate surface area is 171 Å². The predicted octanol–water partition coefficient (Wildman–Crippen LogP) is 7.78. The van der Waals surface area contributed by atoms with E-state index in [4.69, 9.17) is 0 Å². The van der Waals surface area contributed by atoms with Crippen LogP contribution in [0.2, 0.25) is 0 Å². The van der Waals surface area contributed by atoms with Crippen molar-refractivity contribution in [1.82, 2.24) is 0 Å². The summed E-state index contributed by atoms with van der Waals surface area (Å²) in [5.74, 6) is 0. The minimum Gasteiger partial charge on any atom is -0.169 e. The molecule has 0 radical (unpaired) electrons. The fraction of sp³-hybridized carbons (Fsp3) is 0.294. The van der Waals surface area contributed by atoms with Gasteiger partial charge in [-0.05, 0) is 22.3 Å². The molecule has 0 unspecified atom stereocenters. The molecule has 0 heterocycles. The fourth-order valence-electron chi connectivity index (χ4n) is 2.70. The third-order valence-electron chi connectivity index (χ3n) is 3.99. The minimum atomic E-state index is -5.58. The zero-order valence-corrected chi connectivity index (χ0v) is 17.6. The number of alkyl halides is 9. The van der Waals surface area contributed by atoms with Gasteiger partial charge in [0.25, 0.3) is 0 Å². The second kappa shape index (κ2) is 7.83. The Morgan fingerprint density at radius 2 is 1.08 bits per heavy atom. The Hall–Kier alpha value is -0.540. The standard InChI is InChI=1S/C17H11Br3F6/c18-9-10-1-5-12(6-2-10)15(16(21,22)23,17(24,25)26)13-7-3-11(4-8-13)14(19)20/h1-8,14H,9H2. The highest BCUT2D eigenvalue weighted by molar-refractivity contribution is 9.24. The average Bonchev–Trinajstić information content (AvgIpc) is 2.54. The summed E-state index contributed by atoms with van der Waals surface area (Å²) in [6.07, 6.45) is -11.2. The van der Waals surface area contributed by atoms with Gasteiger partial charge in [0.1, 0.15) is 0 Å². The highest BCUT2D eigenvalue weighted by Gasteiger charge is 2.72. The third kappa shape index (κ3) is 3.85. The Bertz CT molecular complexity index is 719. The third-order valence-corrected chi connectivity index (χ3v) is 5.69. The van der Waals surface area contributed by atoms with Gasteiger partial charge in [0.05, 0.1) is 3.74 Å². The van der Waals surface area contributed by atoms with Gasteiger partial charge >= 0.3 is 12.4 Å². The molecule has 0 atom stereocenters. The molecule has 0 amide bonds. The van der Waals surface area contributed by atoms with Crippen molar-refractivity contribution in [1.29, 1.82) is 0 Å². The summed E-state index contributed by atoms with van der Waals surface area (Å²) in [6, 6.07) is 8.43. The Kier molecular flexibility index (Phi) is 6.55. The molecule has 0 aliphatic heterocycles. The van der Waals surface area contributed by atoms with Crippen LogP contribution in [0.1, 0.15) is 26.0 Å². The predicted molar refractivity (Wildman–Crippen MR) is 99.0 cm³/mol. The van der Waals surface area contributed by atoms with Gasteiger partial charge in [0, 0.05) is 5.33 Å². The maximum atomic E-state index is 13.9. The summed E-state index contributed by atoms with van der Waals surface area (Å²) >= 11 is 9.45. The van der Waals surface area contributed by atoms with Crippen LogP contribution in [-0.2, 0) is 10.7 Å². The van der Waals surface area contributed by atoms with Crippen molar-refractivity contribution in [3.05, 3.63) is 70.8 Å². The van der Waals surface area contributed by atoms with Crippen molar-refractivity contribution in [3.8, 4) is 0 Å². The van der Waals surface area contributed by atoms with E-state index < -0.39 is 28.9 Å². The second-order valence-electron chi connectivity index (χ2n) is 5.50. The van der Waals surface area contributed by atoms with Crippen molar-refractivity contribution in [2.45, 2.75) is 26.8 Å². The quantitative estimate of drug-likeness (QED) is 0.261. The molecule has 0 saturated carbocycles. The Morgan fingerprint density at radius 1 is 0.692 bits per heavy atom. The van der Waals surface area contributed by atoms with Gasteiger partial charge in [-0.3, -0.25) is 0 Å². The van der Waals surface area contributed by atoms with E-state index in [-0.39, 0.29) is 3.74 Å². The average molecular weight is 569 g/mol. The molecule has 0 spiro atoms. The normalized spacial score (nSPS) is 13.3. The smallest absolute Gasteiger partial charge is 0.169 e. The SMILES string of the molecule is FC(F)(F)C(c1ccc(CBr)cc1)(c1ccc(C(Br)Br)cc1)C(F)(F)F. The molecule has 0 bridgehead atoms. The largest absolute Gasteiger partial charge is 0.411 e. The van der Waals surface area contributed by atoms with E-state index >= 15 is 0 Å². The summed E-state index contributed by atoms with van der Waals surface area (Å²) in [5, 5.41) is 0.324. The lowest BCUT2D eigenvalue weighted by molar-refractivity contribution is -0.288. The van der Waals surface area contributed by atoms with Gasteiger partial charge in [-0.25, -0.2) is 0 Å². The van der Waals surface area contributed by atoms with Crippen LogP contribution in [0, 0.1) is 0 Å². The lowest BCUT2D eigenvalue weighted by atomic mass is 9.72. The lowest BCUT2D eigenvalue weighted by Gasteiger charge is -2.38. The first-order valence-corrected chi connectivity index (χ1v) is 10.1. The first-order valence-electron chi connectivity index (χ1n) is 7.12. The van der Waals surface area contributed by atoms with Crippen molar-refractivity contribution < 1.29 is 26.3 Å². The van der Waals surface area contributed by atoms with Gasteiger partial charge in [-0.1, -0.05) is 96.3 Å². The van der Waals surface area contributed by atoms with Crippen LogP contribution in [0.3, 0.4) is 0 Å². The van der Waals surface area contributed by atoms with Crippen LogP contribution >= 0.6 is 47.8 Å². The van der Waals surface area contributed by atoms with E-state index in [0.29, 0.717) is 16.5 Å². The van der Waals surface area contributed by atoms with Crippen LogP contribution < -0.4 is 0 Å². The van der Waals surface area contributed by atoms with Gasteiger partial charge in [0.2, 0.25) is 5.41 Å². The molecule has 0 aromatic heterocycles. The molecular formula is C17H11Br3F6. The summed E-state index contributed by atoms with van der Waals surface area (Å²) in [4.78, 5) is 0. The zero-order valence-electron chi connectivity index (χ0n) is 12.8. The fourth-order valence-corrected chi connectivity index (χ4v) is 3.69. The van der Waals surface area contributed by atoms with Gasteiger partial charge in [0.15, 0.2) is 0 Å². The first kappa shape index (κ1) is 21.8. The molecule has 0 N–H and O–H groups in total. The van der Waals surface area contributed by atoms with E-state index in [2.05, 4.69) is 47.8 Å². The number of hydrogen-bond donors (Lipinski definition) is 0. The lowest BCUT2D eigenvalue weighted by Crippen LogP contribution is -2.54. The molecule has 2 rings (SSSR count). The maximum absolute atomic E-state index is 13.9. The van der Waals surface area contributed by atoms with Crippen LogP contribution in [0.25, 0.3) is 0 Å². The van der Waals surface area contributed by atoms with Gasteiger partial charge in [-0.15, -0.1) is 0 Å². The van der Waals surface area contributed by atoms with Crippen LogP contribution in [-0.4, -0.2) is 12.4 Å². The molecule has 0 aliphatic carbocycles. The number of halogens is 9. The van der Waals surface area contributed by atoms with Crippen LogP contribution in [0.4, 0.5) is 26.3 Å². The van der Waals surface area contributed by atoms with Crippen LogP contribution in [0.15, 0.2) is 48.5 Å². The Balaban J connectivity index is 2.79. The molecule has 142 valence electrons. The molecule has 26 heavy (non-hydrogen) atoms. The van der Waals surface area contributed by atoms with E-state index in [1.54, 1.807) is 0 Å². The Morgan fingerprint density at radius 3 is 1.38 bits per heavy atom. The molecule has 9 heteroatoms. The van der Waals surface area contributed by atoms with E-state index in [1.807, 2.05) is 0 Å². The topological polar surface area (TPSA) is 0 Å². The summed E-state index contributed by atoms with van der Waals surface area (Å²) < 4.78 is 83.2. The van der Waals surface area contributed by atoms with Crippen molar-refractivity contribution >= 4 is 47.8 Å². The number of hydrogen-bond acceptors (Lipinski definition) is 0. The van der Waals surface area contributed by atoms with Crippen molar-refractivity contribution in [2.75, 3.05) is 0 Å². The molecule has 0 fully saturated rings.